The summed E-state index contributed by atoms with van der Waals surface area (Å²) < 4.78 is 0. The number of carbonyl (C=O) groups is 1. The van der Waals surface area contributed by atoms with Gasteiger partial charge in [-0.15, -0.1) is 0 Å². The summed E-state index contributed by atoms with van der Waals surface area (Å²) in [7, 11) is 0. The first-order valence-electron chi connectivity index (χ1n) is 6.52. The molecule has 4 N–H and O–H groups in total. The zero-order valence-corrected chi connectivity index (χ0v) is 11.3. The number of ketones is 1. The van der Waals surface area contributed by atoms with E-state index in [0.717, 1.165) is 5.39 Å². The molecular weight excluding hydrogens is 264 g/mol. The van der Waals surface area contributed by atoms with Gasteiger partial charge in [0.05, 0.1) is 5.52 Å². The highest BCUT2D eigenvalue weighted by Gasteiger charge is 2.13. The SMILES string of the molecule is Nc1ccncc1CC(=O)c1cc(N)c2ccccc2n1. The molecule has 0 radical (unpaired) electrons. The molecule has 21 heavy (non-hydrogen) atoms. The molecule has 0 aliphatic rings. The van der Waals surface area contributed by atoms with Crippen molar-refractivity contribution in [1.29, 1.82) is 0 Å². The number of aromatic nitrogens is 2. The Kier molecular flexibility index (Phi) is 3.23. The average Bonchev–Trinajstić information content (AvgIpc) is 2.49. The van der Waals surface area contributed by atoms with E-state index in [0.29, 0.717) is 28.1 Å². The van der Waals surface area contributed by atoms with Crippen LogP contribution < -0.4 is 11.5 Å². The smallest absolute Gasteiger partial charge is 0.185 e. The zero-order valence-electron chi connectivity index (χ0n) is 11.3. The molecule has 104 valence electrons. The molecule has 5 heteroatoms. The van der Waals surface area contributed by atoms with Crippen LogP contribution in [0.1, 0.15) is 16.1 Å². The van der Waals surface area contributed by atoms with Crippen LogP contribution in [-0.4, -0.2) is 15.8 Å². The highest BCUT2D eigenvalue weighted by Crippen LogP contribution is 2.21. The summed E-state index contributed by atoms with van der Waals surface area (Å²) in [5.74, 6) is -0.132. The number of nitrogens with zero attached hydrogens (tertiary/aromatic N) is 2. The Balaban J connectivity index is 1.97. The van der Waals surface area contributed by atoms with Crippen molar-refractivity contribution >= 4 is 28.1 Å². The van der Waals surface area contributed by atoms with Gasteiger partial charge in [-0.1, -0.05) is 18.2 Å². The Morgan fingerprint density at radius 3 is 2.71 bits per heavy atom. The lowest BCUT2D eigenvalue weighted by molar-refractivity contribution is 0.0988. The molecular formula is C16H14N4O. The monoisotopic (exact) mass is 278 g/mol. The first kappa shape index (κ1) is 13.1. The molecule has 3 rings (SSSR count). The molecule has 0 amide bonds. The van der Waals surface area contributed by atoms with E-state index in [4.69, 9.17) is 11.5 Å². The molecule has 0 spiro atoms. The molecule has 0 fully saturated rings. The molecule has 3 aromatic rings. The van der Waals surface area contributed by atoms with Crippen LogP contribution in [0.5, 0.6) is 0 Å². The fraction of sp³-hybridized carbons (Fsp3) is 0.0625. The molecule has 0 aliphatic carbocycles. The van der Waals surface area contributed by atoms with Crippen molar-refractivity contribution in [3.05, 3.63) is 60.0 Å². The summed E-state index contributed by atoms with van der Waals surface area (Å²) in [5.41, 5.74) is 14.7. The van der Waals surface area contributed by atoms with Crippen LogP contribution >= 0.6 is 0 Å². The molecule has 0 atom stereocenters. The van der Waals surface area contributed by atoms with Gasteiger partial charge in [-0.3, -0.25) is 9.78 Å². The van der Waals surface area contributed by atoms with Crippen molar-refractivity contribution in [3.63, 3.8) is 0 Å². The van der Waals surface area contributed by atoms with Gasteiger partial charge >= 0.3 is 0 Å². The Morgan fingerprint density at radius 1 is 1.10 bits per heavy atom. The molecule has 1 aromatic carbocycles. The minimum atomic E-state index is -0.132. The van der Waals surface area contributed by atoms with E-state index in [1.54, 1.807) is 24.5 Å². The van der Waals surface area contributed by atoms with Crippen LogP contribution in [0.15, 0.2) is 48.8 Å². The largest absolute Gasteiger partial charge is 0.398 e. The van der Waals surface area contributed by atoms with E-state index in [-0.39, 0.29) is 12.2 Å². The minimum Gasteiger partial charge on any atom is -0.398 e. The van der Waals surface area contributed by atoms with E-state index in [1.165, 1.54) is 0 Å². The number of hydrogen-bond donors (Lipinski definition) is 2. The maximum atomic E-state index is 12.4. The Hall–Kier alpha value is -2.95. The summed E-state index contributed by atoms with van der Waals surface area (Å²) in [6.07, 6.45) is 3.34. The van der Waals surface area contributed by atoms with E-state index >= 15 is 0 Å². The van der Waals surface area contributed by atoms with Gasteiger partial charge in [0.2, 0.25) is 0 Å². The summed E-state index contributed by atoms with van der Waals surface area (Å²) in [4.78, 5) is 20.7. The van der Waals surface area contributed by atoms with Gasteiger partial charge < -0.3 is 11.5 Å². The number of Topliss-reactive ketones (excluding diaryl/α,β-unsaturated/α-hetero) is 1. The number of hydrogen-bond acceptors (Lipinski definition) is 5. The van der Waals surface area contributed by atoms with Crippen molar-refractivity contribution in [2.45, 2.75) is 6.42 Å². The van der Waals surface area contributed by atoms with E-state index < -0.39 is 0 Å². The minimum absolute atomic E-state index is 0.132. The fourth-order valence-corrected chi connectivity index (χ4v) is 2.19. The lowest BCUT2D eigenvalue weighted by atomic mass is 10.1. The Labute approximate surface area is 121 Å². The maximum Gasteiger partial charge on any atom is 0.185 e. The first-order valence-corrected chi connectivity index (χ1v) is 6.52. The van der Waals surface area contributed by atoms with E-state index in [9.17, 15) is 4.79 Å². The number of rotatable bonds is 3. The predicted molar refractivity (Wildman–Crippen MR) is 82.8 cm³/mol. The number of nitrogens with two attached hydrogens (primary N) is 2. The lowest BCUT2D eigenvalue weighted by Crippen LogP contribution is -2.09. The third-order valence-corrected chi connectivity index (χ3v) is 3.33. The number of para-hydroxylation sites is 1. The topological polar surface area (TPSA) is 94.9 Å². The Morgan fingerprint density at radius 2 is 1.90 bits per heavy atom. The van der Waals surface area contributed by atoms with Crippen LogP contribution in [0.2, 0.25) is 0 Å². The molecule has 0 saturated heterocycles. The quantitative estimate of drug-likeness (QED) is 0.716. The third-order valence-electron chi connectivity index (χ3n) is 3.33. The van der Waals surface area contributed by atoms with E-state index in [1.807, 2.05) is 24.3 Å². The second-order valence-electron chi connectivity index (χ2n) is 4.79. The van der Waals surface area contributed by atoms with Crippen LogP contribution in [-0.2, 0) is 6.42 Å². The molecule has 0 bridgehead atoms. The number of anilines is 2. The first-order chi connectivity index (χ1) is 10.1. The number of pyridine rings is 2. The van der Waals surface area contributed by atoms with Gasteiger partial charge in [-0.2, -0.15) is 0 Å². The number of fused-ring (bicyclic) bond motifs is 1. The second-order valence-corrected chi connectivity index (χ2v) is 4.79. The van der Waals surface area contributed by atoms with Crippen LogP contribution in [0.3, 0.4) is 0 Å². The van der Waals surface area contributed by atoms with Gasteiger partial charge in [0, 0.05) is 41.1 Å². The summed E-state index contributed by atoms with van der Waals surface area (Å²) in [6.45, 7) is 0. The van der Waals surface area contributed by atoms with Gasteiger partial charge in [-0.25, -0.2) is 4.98 Å². The van der Waals surface area contributed by atoms with Gasteiger partial charge in [0.25, 0.3) is 0 Å². The Bertz CT molecular complexity index is 829. The van der Waals surface area contributed by atoms with Crippen LogP contribution in [0.25, 0.3) is 10.9 Å². The zero-order chi connectivity index (χ0) is 14.8. The maximum absolute atomic E-state index is 12.4. The van der Waals surface area contributed by atoms with Gasteiger partial charge in [0.1, 0.15) is 5.69 Å². The summed E-state index contributed by atoms with van der Waals surface area (Å²) >= 11 is 0. The summed E-state index contributed by atoms with van der Waals surface area (Å²) in [5, 5.41) is 0.843. The molecule has 5 nitrogen and oxygen atoms in total. The third kappa shape index (κ3) is 2.53. The van der Waals surface area contributed by atoms with Crippen molar-refractivity contribution in [1.82, 2.24) is 9.97 Å². The molecule has 0 aliphatic heterocycles. The van der Waals surface area contributed by atoms with Gasteiger partial charge in [0.15, 0.2) is 5.78 Å². The van der Waals surface area contributed by atoms with Crippen molar-refractivity contribution in [2.75, 3.05) is 11.5 Å². The van der Waals surface area contributed by atoms with Crippen LogP contribution in [0.4, 0.5) is 11.4 Å². The highest BCUT2D eigenvalue weighted by atomic mass is 16.1. The molecule has 2 aromatic heterocycles. The second kappa shape index (κ2) is 5.20. The fourth-order valence-electron chi connectivity index (χ4n) is 2.19. The van der Waals surface area contributed by atoms with Crippen molar-refractivity contribution in [3.8, 4) is 0 Å². The average molecular weight is 278 g/mol. The standard InChI is InChI=1S/C16H14N4O/c17-12-5-6-19-9-10(12)7-16(21)15-8-13(18)11-3-1-2-4-14(11)20-15/h1-6,8-9H,7H2,(H2,17,19)(H2,18,20). The lowest BCUT2D eigenvalue weighted by Gasteiger charge is -2.07. The van der Waals surface area contributed by atoms with Crippen molar-refractivity contribution in [2.24, 2.45) is 0 Å². The number of nitrogen functional groups attached to an aromatic ring is 2. The highest BCUT2D eigenvalue weighted by molar-refractivity contribution is 6.01. The number of benzene rings is 1. The van der Waals surface area contributed by atoms with Crippen LogP contribution in [0, 0.1) is 0 Å². The summed E-state index contributed by atoms with van der Waals surface area (Å²) in [6, 6.07) is 10.7. The normalized spacial score (nSPS) is 10.7. The van der Waals surface area contributed by atoms with Gasteiger partial charge in [-0.05, 0) is 18.2 Å². The van der Waals surface area contributed by atoms with E-state index in [2.05, 4.69) is 9.97 Å². The molecule has 0 unspecified atom stereocenters. The molecule has 0 saturated carbocycles. The predicted octanol–water partition coefficient (Wildman–Crippen LogP) is 2.22. The number of carbonyl (C=O) groups excluding carboxylic acids is 1. The molecule has 2 heterocycles. The van der Waals surface area contributed by atoms with Crippen molar-refractivity contribution < 1.29 is 4.79 Å².